The number of aromatic nitrogens is 3. The van der Waals surface area contributed by atoms with E-state index in [4.69, 9.17) is 15.5 Å². The number of rotatable bonds is 10. The molecule has 0 radical (unpaired) electrons. The van der Waals surface area contributed by atoms with Crippen molar-refractivity contribution in [2.45, 2.75) is 32.6 Å². The molecule has 0 unspecified atom stereocenters. The van der Waals surface area contributed by atoms with Crippen LogP contribution in [0.25, 0.3) is 22.2 Å². The van der Waals surface area contributed by atoms with Gasteiger partial charge in [-0.05, 0) is 24.6 Å². The average Bonchev–Trinajstić information content (AvgIpc) is 3.17. The van der Waals surface area contributed by atoms with E-state index in [2.05, 4.69) is 45.4 Å². The number of unbranched alkanes of at least 4 members (excludes halogenated alkanes) is 3. The topological polar surface area (TPSA) is 90.0 Å². The second-order valence-corrected chi connectivity index (χ2v) is 8.19. The van der Waals surface area contributed by atoms with Gasteiger partial charge in [0, 0.05) is 48.5 Å². The van der Waals surface area contributed by atoms with E-state index in [0.29, 0.717) is 17.4 Å². The highest BCUT2D eigenvalue weighted by molar-refractivity contribution is 5.95. The summed E-state index contributed by atoms with van der Waals surface area (Å²) in [7, 11) is 3.69. The minimum absolute atomic E-state index is 0. The van der Waals surface area contributed by atoms with Crippen molar-refractivity contribution in [3.63, 3.8) is 0 Å². The lowest BCUT2D eigenvalue weighted by Crippen LogP contribution is -2.06. The second kappa shape index (κ2) is 11.6. The highest BCUT2D eigenvalue weighted by atomic mass is 35.5. The van der Waals surface area contributed by atoms with Crippen LogP contribution < -0.4 is 21.1 Å². The Kier molecular flexibility index (Phi) is 8.60. The fourth-order valence-electron chi connectivity index (χ4n) is 4.03. The van der Waals surface area contributed by atoms with Crippen LogP contribution in [-0.4, -0.2) is 28.2 Å². The lowest BCUT2D eigenvalue weighted by atomic mass is 10.1. The third-order valence-corrected chi connectivity index (χ3v) is 5.79. The van der Waals surface area contributed by atoms with Crippen molar-refractivity contribution >= 4 is 46.3 Å². The molecule has 34 heavy (non-hydrogen) atoms. The number of para-hydroxylation sites is 1. The van der Waals surface area contributed by atoms with Crippen molar-refractivity contribution in [2.75, 3.05) is 30.0 Å². The van der Waals surface area contributed by atoms with Crippen molar-refractivity contribution in [3.8, 4) is 17.0 Å². The van der Waals surface area contributed by atoms with E-state index in [9.17, 15) is 0 Å². The van der Waals surface area contributed by atoms with Gasteiger partial charge in [0.15, 0.2) is 0 Å². The largest absolute Gasteiger partial charge is 0.494 e. The summed E-state index contributed by atoms with van der Waals surface area (Å²) in [5.41, 5.74) is 11.6. The molecule has 4 N–H and O–H groups in total. The Morgan fingerprint density at radius 2 is 1.88 bits per heavy atom. The highest BCUT2D eigenvalue weighted by Gasteiger charge is 2.13. The minimum Gasteiger partial charge on any atom is -0.494 e. The molecule has 0 aliphatic carbocycles. The van der Waals surface area contributed by atoms with Crippen molar-refractivity contribution in [1.82, 2.24) is 14.5 Å². The molecular weight excluding hydrogens is 448 g/mol. The van der Waals surface area contributed by atoms with Crippen LogP contribution in [0.1, 0.15) is 32.6 Å². The molecule has 8 heteroatoms. The van der Waals surface area contributed by atoms with Gasteiger partial charge in [0.05, 0.1) is 29.9 Å². The molecule has 4 aromatic rings. The van der Waals surface area contributed by atoms with Gasteiger partial charge in [0.2, 0.25) is 5.95 Å². The normalized spacial score (nSPS) is 10.7. The van der Waals surface area contributed by atoms with E-state index < -0.39 is 0 Å². The molecule has 4 rings (SSSR count). The number of ether oxygens (including phenoxy) is 1. The predicted molar refractivity (Wildman–Crippen MR) is 145 cm³/mol. The first-order valence-corrected chi connectivity index (χ1v) is 11.5. The number of anilines is 4. The third-order valence-electron chi connectivity index (χ3n) is 5.79. The van der Waals surface area contributed by atoms with Gasteiger partial charge in [-0.15, -0.1) is 12.4 Å². The number of hydrogen-bond acceptors (Lipinski definition) is 6. The maximum atomic E-state index is 6.32. The molecule has 2 heterocycles. The summed E-state index contributed by atoms with van der Waals surface area (Å²) in [5.74, 6) is 1.16. The first-order chi connectivity index (χ1) is 16.1. The molecule has 0 atom stereocenters. The zero-order chi connectivity index (χ0) is 23.2. The fraction of sp³-hybridized carbons (Fsp3) is 0.308. The van der Waals surface area contributed by atoms with Crippen LogP contribution in [-0.2, 0) is 7.05 Å². The summed E-state index contributed by atoms with van der Waals surface area (Å²) in [6, 6.07) is 14.0. The first kappa shape index (κ1) is 25.2. The molecular formula is C26H33ClN6O. The van der Waals surface area contributed by atoms with E-state index in [0.717, 1.165) is 46.5 Å². The molecule has 0 saturated heterocycles. The second-order valence-electron chi connectivity index (χ2n) is 8.19. The van der Waals surface area contributed by atoms with Gasteiger partial charge in [0.25, 0.3) is 0 Å². The Morgan fingerprint density at radius 3 is 2.68 bits per heavy atom. The summed E-state index contributed by atoms with van der Waals surface area (Å²) in [5, 5.41) is 7.85. The Bertz CT molecular complexity index is 1240. The number of nitrogens with two attached hydrogens (primary N) is 1. The van der Waals surface area contributed by atoms with Crippen LogP contribution in [0.3, 0.4) is 0 Å². The molecule has 7 nitrogen and oxygen atoms in total. The quantitative estimate of drug-likeness (QED) is 0.180. The number of halogens is 1. The maximum Gasteiger partial charge on any atom is 0.227 e. The van der Waals surface area contributed by atoms with Crippen molar-refractivity contribution in [2.24, 2.45) is 7.05 Å². The molecule has 0 aliphatic rings. The van der Waals surface area contributed by atoms with Crippen LogP contribution in [0.4, 0.5) is 23.0 Å². The van der Waals surface area contributed by atoms with Gasteiger partial charge in [-0.25, -0.2) is 9.97 Å². The Labute approximate surface area is 207 Å². The highest BCUT2D eigenvalue weighted by Crippen LogP contribution is 2.35. The lowest BCUT2D eigenvalue weighted by Gasteiger charge is -2.15. The molecule has 0 aliphatic heterocycles. The lowest BCUT2D eigenvalue weighted by molar-refractivity contribution is 0.417. The van der Waals surface area contributed by atoms with Crippen LogP contribution in [0, 0.1) is 0 Å². The summed E-state index contributed by atoms with van der Waals surface area (Å²) < 4.78 is 7.73. The number of aryl methyl sites for hydroxylation is 1. The van der Waals surface area contributed by atoms with Crippen LogP contribution in [0.5, 0.6) is 5.75 Å². The summed E-state index contributed by atoms with van der Waals surface area (Å²) in [4.78, 5) is 9.17. The van der Waals surface area contributed by atoms with E-state index in [1.165, 1.54) is 19.3 Å². The van der Waals surface area contributed by atoms with Crippen molar-refractivity contribution in [1.29, 1.82) is 0 Å². The number of methoxy groups -OCH3 is 1. The third kappa shape index (κ3) is 5.54. The van der Waals surface area contributed by atoms with Gasteiger partial charge >= 0.3 is 0 Å². The summed E-state index contributed by atoms with van der Waals surface area (Å²) >= 11 is 0. The number of nitrogens with one attached hydrogen (secondary N) is 2. The monoisotopic (exact) mass is 480 g/mol. The van der Waals surface area contributed by atoms with Crippen molar-refractivity contribution in [3.05, 3.63) is 54.9 Å². The Morgan fingerprint density at radius 1 is 1.06 bits per heavy atom. The van der Waals surface area contributed by atoms with Gasteiger partial charge in [-0.1, -0.05) is 44.4 Å². The molecule has 0 spiro atoms. The Hall–Kier alpha value is -3.45. The van der Waals surface area contributed by atoms with Crippen LogP contribution in [0.2, 0.25) is 0 Å². The molecule has 2 aromatic carbocycles. The predicted octanol–water partition coefficient (Wildman–Crippen LogP) is 6.38. The molecule has 0 bridgehead atoms. The van der Waals surface area contributed by atoms with Crippen molar-refractivity contribution < 1.29 is 4.74 Å². The zero-order valence-electron chi connectivity index (χ0n) is 20.0. The van der Waals surface area contributed by atoms with Crippen LogP contribution >= 0.6 is 12.4 Å². The average molecular weight is 481 g/mol. The summed E-state index contributed by atoms with van der Waals surface area (Å²) in [6.07, 6.45) is 8.65. The van der Waals surface area contributed by atoms with E-state index in [1.54, 1.807) is 13.3 Å². The van der Waals surface area contributed by atoms with E-state index in [1.807, 2.05) is 37.4 Å². The van der Waals surface area contributed by atoms with E-state index in [-0.39, 0.29) is 12.4 Å². The SMILES string of the molecule is CCCCCCNc1cc(OC)c(Nc2nccc(-c3cn(C)c4ccccc34)n2)cc1N.Cl. The molecule has 0 amide bonds. The smallest absolute Gasteiger partial charge is 0.227 e. The maximum absolute atomic E-state index is 6.32. The number of benzene rings is 2. The first-order valence-electron chi connectivity index (χ1n) is 11.5. The molecule has 0 fully saturated rings. The zero-order valence-corrected chi connectivity index (χ0v) is 20.8. The summed E-state index contributed by atoms with van der Waals surface area (Å²) in [6.45, 7) is 3.10. The number of nitrogen functional groups attached to an aromatic ring is 1. The van der Waals surface area contributed by atoms with Crippen LogP contribution in [0.15, 0.2) is 54.9 Å². The molecule has 0 saturated carbocycles. The number of hydrogen-bond donors (Lipinski definition) is 3. The van der Waals surface area contributed by atoms with Gasteiger partial charge in [-0.2, -0.15) is 0 Å². The fourth-order valence-corrected chi connectivity index (χ4v) is 4.03. The minimum atomic E-state index is 0. The molecule has 2 aromatic heterocycles. The number of nitrogens with zero attached hydrogens (tertiary/aromatic N) is 3. The molecule has 180 valence electrons. The number of fused-ring (bicyclic) bond motifs is 1. The van der Waals surface area contributed by atoms with E-state index >= 15 is 0 Å². The standard InChI is InChI=1S/C26H32N6O.ClH/c1-4-5-6-9-13-28-22-16-25(33-3)23(15-20(22)27)31-26-29-14-12-21(30-26)19-17-32(2)24-11-8-7-10-18(19)24;/h7-8,10-12,14-17,28H,4-6,9,13,27H2,1-3H3,(H,29,30,31);1H. The van der Waals surface area contributed by atoms with Gasteiger partial charge in [-0.3, -0.25) is 0 Å². The van der Waals surface area contributed by atoms with Gasteiger partial charge in [0.1, 0.15) is 5.75 Å². The van der Waals surface area contributed by atoms with Gasteiger partial charge < -0.3 is 25.7 Å². The Balaban J connectivity index is 0.00000324.